The van der Waals surface area contributed by atoms with Gasteiger partial charge in [-0.05, 0) is 115 Å². The summed E-state index contributed by atoms with van der Waals surface area (Å²) < 4.78 is 0. The van der Waals surface area contributed by atoms with Gasteiger partial charge in [0.25, 0.3) is 0 Å². The Morgan fingerprint density at radius 1 is 0.538 bits per heavy atom. The summed E-state index contributed by atoms with van der Waals surface area (Å²) in [7, 11) is 5.58. The largest absolute Gasteiger partial charge is 0.508 e. The number of phenols is 2. The maximum absolute atomic E-state index is 15.5. The second-order valence-electron chi connectivity index (χ2n) is 33.1. The van der Waals surface area contributed by atoms with Crippen molar-refractivity contribution >= 4 is 117 Å². The van der Waals surface area contributed by atoms with Gasteiger partial charge in [-0.3, -0.25) is 77.2 Å². The number of carbonyl (C=O) groups is 16. The van der Waals surface area contributed by atoms with Crippen molar-refractivity contribution < 1.29 is 92.0 Å². The number of likely N-dealkylation sites (N-methyl/N-ethyl adjacent to an activating group) is 4. The monoisotopic (exact) mass is 1810 g/mol. The number of nitrogens with two attached hydrogens (primary N) is 2. The zero-order valence-electron chi connectivity index (χ0n) is 74.4. The minimum atomic E-state index is -1.57. The summed E-state index contributed by atoms with van der Waals surface area (Å²) in [5, 5.41) is 52.4. The van der Waals surface area contributed by atoms with Crippen LogP contribution in [-0.4, -0.2) is 278 Å². The molecular weight excluding hydrogens is 1690 g/mol. The van der Waals surface area contributed by atoms with E-state index in [0.29, 0.717) is 58.0 Å². The normalized spacial score (nSPS) is 14.9. The van der Waals surface area contributed by atoms with Crippen molar-refractivity contribution in [3.63, 3.8) is 0 Å². The molecule has 35 nitrogen and oxygen atoms in total. The average molecular weight is 1810 g/mol. The fraction of sp³-hybridized carbons (Fsp3) is 0.426. The zero-order chi connectivity index (χ0) is 94.8. The lowest BCUT2D eigenvalue weighted by molar-refractivity contribution is -0.151. The molecule has 16 N–H and O–H groups in total. The Labute approximate surface area is 759 Å². The van der Waals surface area contributed by atoms with E-state index >= 15 is 33.6 Å². The molecule has 0 aliphatic carbocycles. The maximum atomic E-state index is 15.5. The Morgan fingerprint density at radius 3 is 1.61 bits per heavy atom. The highest BCUT2D eigenvalue weighted by Crippen LogP contribution is 2.26. The van der Waals surface area contributed by atoms with Crippen LogP contribution in [0.15, 0.2) is 170 Å². The standard InChI is InChI=1S/C94H120N16O19S/c1-9-10-31-77(93(128)106(5)53-82(116)100-65(54-111)49-84(118)119)107(6)94(129)79(47-61-27-18-13-19-28-61)109(8)91(126)74(45-59-23-14-11-15-24-59)101-83(117)56-130-55-75(85(120)99-52-81(96)115)105-86(121)70(42-57(2)3)102-87(122)71(43-62-33-37-66(112)38-34-62)103-88(123)72(48-64-50-97-69-30-21-20-29-68(64)69)104-89(124)76-32-22-41-110(76)92(127)73(44-63-35-39-67(113)40-36-63)98-51-80(114)78(108(7)90(125)58(4)95)46-60-25-16-12-17-26-60/h11-21,23-30,33-40,50,54,57-58,65,70-79,97-98,112-113H,9-10,22,31-32,41-49,51-53,55-56,95H2,1-8H3,(H2,96,115)(H,99,120)(H,100,116)(H,101,117)(H,102,122)(H,103,123)(H,104,124)(H,105,121)(H,118,119)/t58-,65-,70-,71-,72-,73-,74-,75-,76+,77-,78?,79?/m0/s1. The number of hydrogen-bond acceptors (Lipinski definition) is 21. The number of H-pyrrole nitrogens is 1. The number of aliphatic carboxylic acids is 1. The van der Waals surface area contributed by atoms with Crippen LogP contribution in [0.4, 0.5) is 0 Å². The molecule has 0 spiro atoms. The lowest BCUT2D eigenvalue weighted by atomic mass is 9.99. The number of hydrogen-bond donors (Lipinski definition) is 14. The van der Waals surface area contributed by atoms with Gasteiger partial charge in [-0.2, -0.15) is 0 Å². The molecule has 8 rings (SSSR count). The summed E-state index contributed by atoms with van der Waals surface area (Å²) in [5.74, 6) is -13.3. The first-order valence-corrected chi connectivity index (χ1v) is 44.4. The van der Waals surface area contributed by atoms with Crippen LogP contribution in [0.2, 0.25) is 0 Å². The number of ketones is 1. The summed E-state index contributed by atoms with van der Waals surface area (Å²) in [6, 6.07) is 29.8. The molecule has 130 heavy (non-hydrogen) atoms. The number of benzene rings is 6. The molecule has 12 atom stereocenters. The number of aldehydes is 1. The number of carboxylic acid groups (broad SMARTS) is 1. The Balaban J connectivity index is 1.02. The molecule has 1 aromatic heterocycles. The van der Waals surface area contributed by atoms with Crippen LogP contribution < -0.4 is 54.0 Å². The Morgan fingerprint density at radius 2 is 1.05 bits per heavy atom. The summed E-state index contributed by atoms with van der Waals surface area (Å²) >= 11 is 0.835. The highest BCUT2D eigenvalue weighted by atomic mass is 32.2. The van der Waals surface area contributed by atoms with Crippen LogP contribution in [0.1, 0.15) is 106 Å². The molecule has 0 saturated carbocycles. The van der Waals surface area contributed by atoms with Crippen molar-refractivity contribution in [2.45, 2.75) is 184 Å². The molecule has 1 saturated heterocycles. The number of carbonyl (C=O) groups excluding carboxylic acids is 15. The minimum Gasteiger partial charge on any atom is -0.508 e. The van der Waals surface area contributed by atoms with Crippen LogP contribution >= 0.6 is 11.8 Å². The molecule has 36 heteroatoms. The first-order valence-electron chi connectivity index (χ1n) is 43.2. The number of thioether (sulfide) groups is 1. The predicted octanol–water partition coefficient (Wildman–Crippen LogP) is 2.29. The van der Waals surface area contributed by atoms with Gasteiger partial charge in [0.2, 0.25) is 76.8 Å². The lowest BCUT2D eigenvalue weighted by Crippen LogP contribution is -2.60. The van der Waals surface area contributed by atoms with Crippen LogP contribution in [0.3, 0.4) is 0 Å². The molecule has 1 aliphatic heterocycles. The van der Waals surface area contributed by atoms with E-state index in [0.717, 1.165) is 22.2 Å². The highest BCUT2D eigenvalue weighted by molar-refractivity contribution is 8.00. The Bertz CT molecular complexity index is 5050. The third-order valence-corrected chi connectivity index (χ3v) is 23.5. The van der Waals surface area contributed by atoms with Gasteiger partial charge >= 0.3 is 5.97 Å². The fourth-order valence-corrected chi connectivity index (χ4v) is 16.2. The molecule has 0 bridgehead atoms. The predicted molar refractivity (Wildman–Crippen MR) is 487 cm³/mol. The number of fused-ring (bicyclic) bond motifs is 1. The molecule has 696 valence electrons. The summed E-state index contributed by atoms with van der Waals surface area (Å²) in [6.07, 6.45) is 2.22. The van der Waals surface area contributed by atoms with Gasteiger partial charge in [-0.1, -0.05) is 167 Å². The SMILES string of the molecule is CCCC[C@@H](C(=O)N(C)CC(=O)N[C@H](C=O)CC(=O)O)N(C)C(=O)C(Cc1ccccc1)N(C)C(=O)[C@H](Cc1ccccc1)NC(=O)CSC[C@H](NC(=O)[C@H](CC(C)C)NC(=O)[C@H](Cc1ccc(O)cc1)NC(=O)[C@H](Cc1c[nH]c2ccccc12)NC(=O)[C@H]1CCCN1C(=O)[C@H](Cc1ccc(O)cc1)NCC(=O)C(Cc1ccccc1)N(C)C(=O)[C@H](C)N)C(=O)NCC(N)=O. The van der Waals surface area contributed by atoms with Crippen molar-refractivity contribution in [2.24, 2.45) is 17.4 Å². The molecule has 0 radical (unpaired) electrons. The Kier molecular flexibility index (Phi) is 39.6. The fourth-order valence-electron chi connectivity index (χ4n) is 15.4. The number of aromatic hydroxyl groups is 2. The number of unbranched alkanes of at least 4 members (excludes halogenated alkanes) is 1. The van der Waals surface area contributed by atoms with Crippen molar-refractivity contribution in [1.29, 1.82) is 0 Å². The Hall–Kier alpha value is -13.4. The van der Waals surface area contributed by atoms with Crippen LogP contribution in [0, 0.1) is 5.92 Å². The third kappa shape index (κ3) is 31.0. The molecule has 1 fully saturated rings. The number of para-hydroxylation sites is 1. The molecule has 6 aromatic carbocycles. The van der Waals surface area contributed by atoms with Gasteiger partial charge in [-0.25, -0.2) is 0 Å². The number of nitrogens with zero attached hydrogens (tertiary/aromatic N) is 5. The van der Waals surface area contributed by atoms with Gasteiger partial charge in [0.15, 0.2) is 5.78 Å². The lowest BCUT2D eigenvalue weighted by Gasteiger charge is -2.37. The number of nitrogens with one attached hydrogen (secondary N) is 9. The molecule has 2 heterocycles. The number of rotatable bonds is 51. The molecule has 13 amide bonds. The van der Waals surface area contributed by atoms with E-state index in [2.05, 4.69) is 47.5 Å². The number of aromatic nitrogens is 1. The van der Waals surface area contributed by atoms with Crippen LogP contribution in [0.25, 0.3) is 10.9 Å². The van der Waals surface area contributed by atoms with Gasteiger partial charge in [-0.15, -0.1) is 11.8 Å². The average Bonchev–Trinajstić information content (AvgIpc) is 1.79. The van der Waals surface area contributed by atoms with E-state index < -0.39 is 193 Å². The second kappa shape index (κ2) is 50.4. The topological polar surface area (TPSA) is 514 Å². The summed E-state index contributed by atoms with van der Waals surface area (Å²) in [5.41, 5.74) is 15.7. The van der Waals surface area contributed by atoms with E-state index in [1.807, 2.05) is 37.3 Å². The van der Waals surface area contributed by atoms with E-state index in [9.17, 15) is 58.5 Å². The van der Waals surface area contributed by atoms with E-state index in [1.54, 1.807) is 117 Å². The number of primary amides is 1. The van der Waals surface area contributed by atoms with E-state index in [1.165, 1.54) is 91.1 Å². The van der Waals surface area contributed by atoms with Crippen molar-refractivity contribution in [2.75, 3.05) is 65.9 Å². The van der Waals surface area contributed by atoms with Crippen LogP contribution in [0.5, 0.6) is 11.5 Å². The van der Waals surface area contributed by atoms with Crippen molar-refractivity contribution in [3.05, 3.63) is 203 Å². The maximum Gasteiger partial charge on any atom is 0.305 e. The first kappa shape index (κ1) is 102. The molecular formula is C94H120N16O19S. The third-order valence-electron chi connectivity index (χ3n) is 22.4. The van der Waals surface area contributed by atoms with Gasteiger partial charge in [0.05, 0.1) is 56.0 Å². The second-order valence-corrected chi connectivity index (χ2v) is 34.1. The number of Topliss-reactive ketones (excluding diaryl/α,β-unsaturated/α-hetero) is 1. The molecule has 1 aliphatic rings. The van der Waals surface area contributed by atoms with Crippen molar-refractivity contribution in [1.82, 2.24) is 72.0 Å². The smallest absolute Gasteiger partial charge is 0.305 e. The quantitative estimate of drug-likeness (QED) is 0.0243. The zero-order valence-corrected chi connectivity index (χ0v) is 75.2. The first-order chi connectivity index (χ1) is 62.0. The number of phenolic OH excluding ortho intramolecular Hbond substituents is 2. The van der Waals surface area contributed by atoms with Gasteiger partial charge in [0.1, 0.15) is 66.1 Å². The molecule has 7 aromatic rings. The van der Waals surface area contributed by atoms with E-state index in [-0.39, 0.29) is 93.8 Å². The van der Waals surface area contributed by atoms with Crippen molar-refractivity contribution in [3.8, 4) is 11.5 Å². The molecule has 2 unspecified atom stereocenters. The van der Waals surface area contributed by atoms with E-state index in [4.69, 9.17) is 11.5 Å². The summed E-state index contributed by atoms with van der Waals surface area (Å²) in [6.45, 7) is 5.27. The van der Waals surface area contributed by atoms with Gasteiger partial charge in [0, 0.05) is 83.3 Å². The highest BCUT2D eigenvalue weighted by Gasteiger charge is 2.43. The van der Waals surface area contributed by atoms with Crippen LogP contribution in [-0.2, 0) is 115 Å². The summed E-state index contributed by atoms with van der Waals surface area (Å²) in [4.78, 5) is 235. The number of aromatic amines is 1. The number of likely N-dealkylation sites (tertiary alicyclic amines) is 1. The number of carboxylic acids is 1. The number of amides is 13. The van der Waals surface area contributed by atoms with Gasteiger partial charge < -0.3 is 98.3 Å². The minimum absolute atomic E-state index is 0.0248.